The fourth-order valence-corrected chi connectivity index (χ4v) is 2.91. The Labute approximate surface area is 137 Å². The lowest BCUT2D eigenvalue weighted by molar-refractivity contribution is -0.141. The van der Waals surface area contributed by atoms with Crippen LogP contribution in [0.3, 0.4) is 0 Å². The molecular formula is C17H16F3N3O. The number of anilines is 1. The average molecular weight is 335 g/mol. The minimum atomic E-state index is -4.57. The first-order chi connectivity index (χ1) is 11.3. The molecule has 0 spiro atoms. The van der Waals surface area contributed by atoms with E-state index in [1.54, 1.807) is 6.92 Å². The van der Waals surface area contributed by atoms with Gasteiger partial charge in [-0.25, -0.2) is 0 Å². The number of benzene rings is 1. The van der Waals surface area contributed by atoms with E-state index in [1.807, 2.05) is 30.3 Å². The van der Waals surface area contributed by atoms with E-state index in [0.29, 0.717) is 5.56 Å². The second-order valence-corrected chi connectivity index (χ2v) is 5.80. The zero-order valence-corrected chi connectivity index (χ0v) is 12.9. The lowest BCUT2D eigenvalue weighted by Crippen LogP contribution is -2.50. The molecule has 1 aromatic heterocycles. The normalized spacial score (nSPS) is 19.1. The zero-order valence-electron chi connectivity index (χ0n) is 12.9. The average Bonchev–Trinajstić information content (AvgIpc) is 2.55. The van der Waals surface area contributed by atoms with Gasteiger partial charge in [-0.3, -0.25) is 9.78 Å². The summed E-state index contributed by atoms with van der Waals surface area (Å²) in [5.41, 5.74) is 6.44. The standard InChI is InChI=1S/C17H16F3N3O/c1-10(11-5-3-2-4-6-11)23-14-8-15(17(18,19)20)22-9-12(14)7-13(21)16(23)24/h2-6,8-10,13H,7,21H2,1H3/t10-,13+/m0/s1. The zero-order chi connectivity index (χ0) is 17.5. The molecule has 1 aliphatic rings. The monoisotopic (exact) mass is 335 g/mol. The van der Waals surface area contributed by atoms with Crippen molar-refractivity contribution in [2.24, 2.45) is 5.73 Å². The number of rotatable bonds is 2. The first-order valence-corrected chi connectivity index (χ1v) is 7.48. The van der Waals surface area contributed by atoms with Gasteiger partial charge in [0.25, 0.3) is 0 Å². The molecule has 0 radical (unpaired) electrons. The Bertz CT molecular complexity index is 761. The van der Waals surface area contributed by atoms with Gasteiger partial charge in [0, 0.05) is 12.6 Å². The molecule has 24 heavy (non-hydrogen) atoms. The number of nitrogens with two attached hydrogens (primary N) is 1. The molecule has 1 amide bonds. The fourth-order valence-electron chi connectivity index (χ4n) is 2.91. The number of alkyl halides is 3. The molecule has 3 rings (SSSR count). The van der Waals surface area contributed by atoms with Crippen LogP contribution in [-0.2, 0) is 17.4 Å². The smallest absolute Gasteiger partial charge is 0.320 e. The molecule has 7 heteroatoms. The topological polar surface area (TPSA) is 59.2 Å². The molecule has 2 heterocycles. The van der Waals surface area contributed by atoms with Crippen molar-refractivity contribution >= 4 is 11.6 Å². The minimum Gasteiger partial charge on any atom is -0.320 e. The van der Waals surface area contributed by atoms with Crippen LogP contribution in [0.4, 0.5) is 18.9 Å². The van der Waals surface area contributed by atoms with Gasteiger partial charge in [0.05, 0.1) is 17.8 Å². The van der Waals surface area contributed by atoms with E-state index in [2.05, 4.69) is 4.98 Å². The Morgan fingerprint density at radius 1 is 1.29 bits per heavy atom. The Kier molecular flexibility index (Phi) is 4.04. The Morgan fingerprint density at radius 2 is 1.96 bits per heavy atom. The molecule has 0 fully saturated rings. The molecule has 2 atom stereocenters. The molecule has 4 nitrogen and oxygen atoms in total. The van der Waals surface area contributed by atoms with E-state index < -0.39 is 29.9 Å². The van der Waals surface area contributed by atoms with E-state index in [1.165, 1.54) is 4.90 Å². The van der Waals surface area contributed by atoms with Crippen molar-refractivity contribution in [1.29, 1.82) is 0 Å². The summed E-state index contributed by atoms with van der Waals surface area (Å²) in [5, 5.41) is 0. The van der Waals surface area contributed by atoms with Crippen LogP contribution in [0.15, 0.2) is 42.6 Å². The lowest BCUT2D eigenvalue weighted by atomic mass is 9.95. The number of amides is 1. The molecule has 126 valence electrons. The number of aromatic nitrogens is 1. The first-order valence-electron chi connectivity index (χ1n) is 7.48. The van der Waals surface area contributed by atoms with Crippen molar-refractivity contribution in [3.63, 3.8) is 0 Å². The lowest BCUT2D eigenvalue weighted by Gasteiger charge is -2.37. The van der Waals surface area contributed by atoms with Gasteiger partial charge in [-0.1, -0.05) is 30.3 Å². The van der Waals surface area contributed by atoms with Crippen molar-refractivity contribution in [3.05, 3.63) is 59.4 Å². The van der Waals surface area contributed by atoms with E-state index in [9.17, 15) is 18.0 Å². The second-order valence-electron chi connectivity index (χ2n) is 5.80. The predicted molar refractivity (Wildman–Crippen MR) is 83.3 cm³/mol. The largest absolute Gasteiger partial charge is 0.433 e. The SMILES string of the molecule is C[C@@H](c1ccccc1)N1C(=O)[C@H](N)Cc2cnc(C(F)(F)F)cc21. The molecule has 0 aliphatic carbocycles. The highest BCUT2D eigenvalue weighted by molar-refractivity contribution is 6.00. The molecular weight excluding hydrogens is 319 g/mol. The van der Waals surface area contributed by atoms with Crippen LogP contribution in [-0.4, -0.2) is 16.9 Å². The maximum absolute atomic E-state index is 13.0. The number of halogens is 3. The van der Waals surface area contributed by atoms with Gasteiger partial charge < -0.3 is 10.6 Å². The second kappa shape index (κ2) is 5.90. The van der Waals surface area contributed by atoms with Crippen LogP contribution in [0.1, 0.15) is 29.8 Å². The molecule has 2 aromatic rings. The summed E-state index contributed by atoms with van der Waals surface area (Å²) in [6.07, 6.45) is -3.23. The molecule has 2 N–H and O–H groups in total. The number of fused-ring (bicyclic) bond motifs is 1. The molecule has 0 saturated heterocycles. The molecule has 0 bridgehead atoms. The Morgan fingerprint density at radius 3 is 2.58 bits per heavy atom. The van der Waals surface area contributed by atoms with Crippen molar-refractivity contribution < 1.29 is 18.0 Å². The minimum absolute atomic E-state index is 0.178. The maximum atomic E-state index is 13.0. The van der Waals surface area contributed by atoms with E-state index in [0.717, 1.165) is 17.8 Å². The third kappa shape index (κ3) is 2.87. The number of hydrogen-bond donors (Lipinski definition) is 1. The quantitative estimate of drug-likeness (QED) is 0.917. The van der Waals surface area contributed by atoms with Crippen LogP contribution in [0, 0.1) is 0 Å². The maximum Gasteiger partial charge on any atom is 0.433 e. The summed E-state index contributed by atoms with van der Waals surface area (Å²) in [7, 11) is 0. The van der Waals surface area contributed by atoms with E-state index >= 15 is 0 Å². The highest BCUT2D eigenvalue weighted by Crippen LogP contribution is 2.37. The van der Waals surface area contributed by atoms with Crippen molar-refractivity contribution in [1.82, 2.24) is 4.98 Å². The highest BCUT2D eigenvalue weighted by Gasteiger charge is 2.38. The number of nitrogens with zero attached hydrogens (tertiary/aromatic N) is 2. The predicted octanol–water partition coefficient (Wildman–Crippen LogP) is 3.08. The summed E-state index contributed by atoms with van der Waals surface area (Å²) in [5.74, 6) is -0.391. The third-order valence-corrected chi connectivity index (χ3v) is 4.18. The number of carbonyl (C=O) groups excluding carboxylic acids is 1. The van der Waals surface area contributed by atoms with Crippen LogP contribution >= 0.6 is 0 Å². The van der Waals surface area contributed by atoms with Gasteiger partial charge in [0.1, 0.15) is 5.69 Å². The Hall–Kier alpha value is -2.41. The van der Waals surface area contributed by atoms with E-state index in [-0.39, 0.29) is 12.1 Å². The van der Waals surface area contributed by atoms with Gasteiger partial charge in [0.2, 0.25) is 5.91 Å². The van der Waals surface area contributed by atoms with Gasteiger partial charge >= 0.3 is 6.18 Å². The summed E-state index contributed by atoms with van der Waals surface area (Å²) < 4.78 is 39.0. The van der Waals surface area contributed by atoms with Crippen molar-refractivity contribution in [3.8, 4) is 0 Å². The summed E-state index contributed by atoms with van der Waals surface area (Å²) in [6, 6.07) is 8.81. The molecule has 1 aliphatic heterocycles. The van der Waals surface area contributed by atoms with E-state index in [4.69, 9.17) is 5.73 Å². The summed E-state index contributed by atoms with van der Waals surface area (Å²) >= 11 is 0. The van der Waals surface area contributed by atoms with Crippen LogP contribution in [0.5, 0.6) is 0 Å². The highest BCUT2D eigenvalue weighted by atomic mass is 19.4. The van der Waals surface area contributed by atoms with Gasteiger partial charge in [-0.05, 0) is 24.1 Å². The Balaban J connectivity index is 2.11. The summed E-state index contributed by atoms with van der Waals surface area (Å²) in [4.78, 5) is 17.4. The van der Waals surface area contributed by atoms with Crippen LogP contribution < -0.4 is 10.6 Å². The first kappa shape index (κ1) is 16.4. The number of hydrogen-bond acceptors (Lipinski definition) is 3. The molecule has 1 aromatic carbocycles. The van der Waals surface area contributed by atoms with Gasteiger partial charge in [-0.15, -0.1) is 0 Å². The third-order valence-electron chi connectivity index (χ3n) is 4.18. The number of carbonyl (C=O) groups is 1. The molecule has 0 unspecified atom stereocenters. The molecule has 0 saturated carbocycles. The van der Waals surface area contributed by atoms with Crippen molar-refractivity contribution in [2.45, 2.75) is 31.6 Å². The van der Waals surface area contributed by atoms with Crippen molar-refractivity contribution in [2.75, 3.05) is 4.90 Å². The van der Waals surface area contributed by atoms with Crippen LogP contribution in [0.2, 0.25) is 0 Å². The number of pyridine rings is 1. The van der Waals surface area contributed by atoms with Gasteiger partial charge in [0.15, 0.2) is 0 Å². The van der Waals surface area contributed by atoms with Gasteiger partial charge in [-0.2, -0.15) is 13.2 Å². The van der Waals surface area contributed by atoms with Crippen LogP contribution in [0.25, 0.3) is 0 Å². The summed E-state index contributed by atoms with van der Waals surface area (Å²) in [6.45, 7) is 1.77. The fraction of sp³-hybridized carbons (Fsp3) is 0.294.